The molecule has 2 heteroatoms. The molecular formula is C16H23NO. The molecule has 1 aliphatic carbocycles. The van der Waals surface area contributed by atoms with Crippen LogP contribution in [0.4, 0.5) is 0 Å². The maximum absolute atomic E-state index is 12.3. The molecule has 18 heavy (non-hydrogen) atoms. The van der Waals surface area contributed by atoms with Gasteiger partial charge in [-0.05, 0) is 29.4 Å². The number of nitrogens with zero attached hydrogens (tertiary/aromatic N) is 1. The molecule has 0 saturated carbocycles. The van der Waals surface area contributed by atoms with Gasteiger partial charge in [0.15, 0.2) is 0 Å². The van der Waals surface area contributed by atoms with Crippen molar-refractivity contribution in [2.45, 2.75) is 46.1 Å². The summed E-state index contributed by atoms with van der Waals surface area (Å²) in [5.74, 6) is 0.254. The van der Waals surface area contributed by atoms with E-state index in [-0.39, 0.29) is 17.4 Å². The topological polar surface area (TPSA) is 20.3 Å². The largest absolute Gasteiger partial charge is 0.339 e. The molecule has 2 rings (SSSR count). The molecule has 0 bridgehead atoms. The van der Waals surface area contributed by atoms with E-state index in [0.29, 0.717) is 6.42 Å². The van der Waals surface area contributed by atoms with Crippen molar-refractivity contribution < 1.29 is 4.79 Å². The zero-order chi connectivity index (χ0) is 13.3. The van der Waals surface area contributed by atoms with Crippen molar-refractivity contribution in [3.63, 3.8) is 0 Å². The third kappa shape index (κ3) is 2.74. The molecule has 0 radical (unpaired) electrons. The summed E-state index contributed by atoms with van der Waals surface area (Å²) in [5.41, 5.74) is 2.80. The molecule has 1 amide bonds. The highest BCUT2D eigenvalue weighted by Crippen LogP contribution is 2.35. The summed E-state index contributed by atoms with van der Waals surface area (Å²) >= 11 is 0. The number of carbonyl (C=O) groups is 1. The second kappa shape index (κ2) is 4.75. The van der Waals surface area contributed by atoms with Crippen LogP contribution < -0.4 is 0 Å². The molecule has 2 nitrogen and oxygen atoms in total. The number of amides is 1. The minimum Gasteiger partial charge on any atom is -0.339 e. The Hall–Kier alpha value is -1.31. The maximum atomic E-state index is 12.3. The minimum atomic E-state index is 0.0590. The van der Waals surface area contributed by atoms with Crippen LogP contribution in [0.5, 0.6) is 0 Å². The van der Waals surface area contributed by atoms with Gasteiger partial charge in [0.05, 0.1) is 6.04 Å². The normalized spacial score (nSPS) is 18.6. The smallest absolute Gasteiger partial charge is 0.223 e. The lowest BCUT2D eigenvalue weighted by Gasteiger charge is -2.28. The van der Waals surface area contributed by atoms with Crippen molar-refractivity contribution in [2.75, 3.05) is 7.05 Å². The minimum absolute atomic E-state index is 0.0590. The Morgan fingerprint density at radius 1 is 1.33 bits per heavy atom. The average Bonchev–Trinajstić information content (AvgIpc) is 2.69. The summed E-state index contributed by atoms with van der Waals surface area (Å²) in [5, 5.41) is 0. The predicted molar refractivity (Wildman–Crippen MR) is 74.3 cm³/mol. The van der Waals surface area contributed by atoms with Gasteiger partial charge in [-0.15, -0.1) is 0 Å². The third-order valence-electron chi connectivity index (χ3n) is 3.64. The fourth-order valence-corrected chi connectivity index (χ4v) is 2.69. The summed E-state index contributed by atoms with van der Waals surface area (Å²) in [6, 6.07) is 8.76. The fraction of sp³-hybridized carbons (Fsp3) is 0.562. The van der Waals surface area contributed by atoms with Crippen LogP contribution in [0.1, 0.15) is 50.8 Å². The SMILES string of the molecule is CN(C(=O)CC(C)(C)C)C1CCc2ccccc21. The lowest BCUT2D eigenvalue weighted by Crippen LogP contribution is -2.32. The Bertz CT molecular complexity index is 445. The summed E-state index contributed by atoms with van der Waals surface area (Å²) in [6.07, 6.45) is 2.77. The van der Waals surface area contributed by atoms with Gasteiger partial charge in [-0.25, -0.2) is 0 Å². The van der Waals surface area contributed by atoms with E-state index < -0.39 is 0 Å². The van der Waals surface area contributed by atoms with Crippen molar-refractivity contribution in [3.8, 4) is 0 Å². The molecule has 98 valence electrons. The quantitative estimate of drug-likeness (QED) is 0.780. The Morgan fingerprint density at radius 2 is 2.00 bits per heavy atom. The van der Waals surface area contributed by atoms with Crippen molar-refractivity contribution in [1.82, 2.24) is 4.90 Å². The molecule has 0 fully saturated rings. The first-order chi connectivity index (χ1) is 8.38. The van der Waals surface area contributed by atoms with Gasteiger partial charge in [-0.2, -0.15) is 0 Å². The molecule has 0 aromatic heterocycles. The van der Waals surface area contributed by atoms with Crippen LogP contribution in [-0.4, -0.2) is 17.9 Å². The van der Waals surface area contributed by atoms with Crippen LogP contribution in [0.2, 0.25) is 0 Å². The zero-order valence-corrected chi connectivity index (χ0v) is 11.9. The fourth-order valence-electron chi connectivity index (χ4n) is 2.69. The van der Waals surface area contributed by atoms with Crippen LogP contribution >= 0.6 is 0 Å². The second-order valence-electron chi connectivity index (χ2n) is 6.50. The second-order valence-corrected chi connectivity index (χ2v) is 6.50. The Morgan fingerprint density at radius 3 is 2.67 bits per heavy atom. The molecule has 0 aliphatic heterocycles. The van der Waals surface area contributed by atoms with Crippen molar-refractivity contribution >= 4 is 5.91 Å². The molecule has 0 saturated heterocycles. The number of rotatable bonds is 2. The summed E-state index contributed by atoms with van der Waals surface area (Å²) < 4.78 is 0. The van der Waals surface area contributed by atoms with E-state index in [9.17, 15) is 4.79 Å². The lowest BCUT2D eigenvalue weighted by atomic mass is 9.91. The van der Waals surface area contributed by atoms with Gasteiger partial charge in [-0.1, -0.05) is 45.0 Å². The number of fused-ring (bicyclic) bond motifs is 1. The molecule has 0 spiro atoms. The number of hydrogen-bond donors (Lipinski definition) is 0. The Labute approximate surface area is 110 Å². The van der Waals surface area contributed by atoms with E-state index in [1.54, 1.807) is 0 Å². The van der Waals surface area contributed by atoms with Gasteiger partial charge >= 0.3 is 0 Å². The highest BCUT2D eigenvalue weighted by Gasteiger charge is 2.29. The van der Waals surface area contributed by atoms with E-state index in [4.69, 9.17) is 0 Å². The Balaban J connectivity index is 2.12. The van der Waals surface area contributed by atoms with Gasteiger partial charge in [0.25, 0.3) is 0 Å². The summed E-state index contributed by atoms with van der Waals surface area (Å²) in [4.78, 5) is 14.2. The zero-order valence-electron chi connectivity index (χ0n) is 11.9. The van der Waals surface area contributed by atoms with Crippen LogP contribution in [0.15, 0.2) is 24.3 Å². The average molecular weight is 245 g/mol. The Kier molecular flexibility index (Phi) is 3.47. The molecular weight excluding hydrogens is 222 g/mol. The van der Waals surface area contributed by atoms with Gasteiger partial charge in [0.2, 0.25) is 5.91 Å². The maximum Gasteiger partial charge on any atom is 0.223 e. The molecule has 1 unspecified atom stereocenters. The standard InChI is InChI=1S/C16H23NO/c1-16(2,3)11-15(18)17(4)14-10-9-12-7-5-6-8-13(12)14/h5-8,14H,9-11H2,1-4H3. The van der Waals surface area contributed by atoms with E-state index in [0.717, 1.165) is 12.8 Å². The van der Waals surface area contributed by atoms with Gasteiger partial charge in [0, 0.05) is 13.5 Å². The highest BCUT2D eigenvalue weighted by atomic mass is 16.2. The summed E-state index contributed by atoms with van der Waals surface area (Å²) in [6.45, 7) is 6.34. The highest BCUT2D eigenvalue weighted by molar-refractivity contribution is 5.77. The number of aryl methyl sites for hydroxylation is 1. The first kappa shape index (κ1) is 13.1. The van der Waals surface area contributed by atoms with Crippen LogP contribution in [0.25, 0.3) is 0 Å². The van der Waals surface area contributed by atoms with Gasteiger partial charge < -0.3 is 4.90 Å². The van der Waals surface area contributed by atoms with Gasteiger partial charge in [-0.3, -0.25) is 4.79 Å². The number of hydrogen-bond acceptors (Lipinski definition) is 1. The summed E-state index contributed by atoms with van der Waals surface area (Å²) in [7, 11) is 1.95. The first-order valence-corrected chi connectivity index (χ1v) is 6.72. The molecule has 1 aliphatic rings. The predicted octanol–water partition coefficient (Wildman–Crippen LogP) is 3.57. The number of carbonyl (C=O) groups excluding carboxylic acids is 1. The third-order valence-corrected chi connectivity index (χ3v) is 3.64. The van der Waals surface area contributed by atoms with Crippen LogP contribution in [0, 0.1) is 5.41 Å². The number of benzene rings is 1. The molecule has 1 aromatic carbocycles. The molecule has 1 aromatic rings. The molecule has 0 heterocycles. The van der Waals surface area contributed by atoms with Crippen molar-refractivity contribution in [1.29, 1.82) is 0 Å². The van der Waals surface area contributed by atoms with Crippen LogP contribution in [0.3, 0.4) is 0 Å². The van der Waals surface area contributed by atoms with Crippen molar-refractivity contribution in [2.24, 2.45) is 5.41 Å². The van der Waals surface area contributed by atoms with Crippen LogP contribution in [-0.2, 0) is 11.2 Å². The van der Waals surface area contributed by atoms with Crippen molar-refractivity contribution in [3.05, 3.63) is 35.4 Å². The van der Waals surface area contributed by atoms with E-state index in [1.165, 1.54) is 11.1 Å². The lowest BCUT2D eigenvalue weighted by molar-refractivity contribution is -0.134. The van der Waals surface area contributed by atoms with E-state index in [2.05, 4.69) is 45.0 Å². The van der Waals surface area contributed by atoms with E-state index in [1.807, 2.05) is 11.9 Å². The molecule has 0 N–H and O–H groups in total. The monoisotopic (exact) mass is 245 g/mol. The van der Waals surface area contributed by atoms with Gasteiger partial charge in [0.1, 0.15) is 0 Å². The molecule has 1 atom stereocenters. The van der Waals surface area contributed by atoms with E-state index >= 15 is 0 Å². The first-order valence-electron chi connectivity index (χ1n) is 6.72.